The molecule has 1 atom stereocenters. The van der Waals surface area contributed by atoms with Gasteiger partial charge in [-0.2, -0.15) is 0 Å². The summed E-state index contributed by atoms with van der Waals surface area (Å²) in [6.45, 7) is 3.50. The third-order valence-corrected chi connectivity index (χ3v) is 7.91. The summed E-state index contributed by atoms with van der Waals surface area (Å²) in [6.07, 6.45) is 2.14. The van der Waals surface area contributed by atoms with Crippen LogP contribution in [-0.2, 0) is 20.8 Å². The molecule has 1 heterocycles. The molecule has 0 amide bonds. The zero-order chi connectivity index (χ0) is 19.7. The van der Waals surface area contributed by atoms with Crippen LogP contribution in [0.15, 0.2) is 40.2 Å². The summed E-state index contributed by atoms with van der Waals surface area (Å²) in [5.74, 6) is 1.38. The Morgan fingerprint density at radius 2 is 1.89 bits per heavy atom. The van der Waals surface area contributed by atoms with Crippen LogP contribution in [0.3, 0.4) is 0 Å². The Bertz CT molecular complexity index is 736. The average molecular weight is 543 g/mol. The van der Waals surface area contributed by atoms with Gasteiger partial charge < -0.3 is 10.6 Å². The van der Waals surface area contributed by atoms with Gasteiger partial charge >= 0.3 is 0 Å². The van der Waals surface area contributed by atoms with E-state index in [4.69, 9.17) is 0 Å². The standard InChI is InChI=1S/C18H30N4O3S2.HI/c1-3-15-27(24,25)22-12-9-16(10-13-22)21-18(19-2)20-11-14-26(23)17-7-5-4-6-8-17;/h4-8,16H,3,9-15H2,1-2H3,(H2,19,20,21);1H. The van der Waals surface area contributed by atoms with Gasteiger partial charge in [0, 0.05) is 43.4 Å². The Balaban J connectivity index is 0.00000392. The number of nitrogens with zero attached hydrogens (tertiary/aromatic N) is 2. The number of halogens is 1. The van der Waals surface area contributed by atoms with Crippen molar-refractivity contribution in [3.63, 3.8) is 0 Å². The summed E-state index contributed by atoms with van der Waals surface area (Å²) in [5, 5.41) is 6.53. The second-order valence-corrected chi connectivity index (χ2v) is 10.2. The molecule has 1 aliphatic rings. The second-order valence-electron chi connectivity index (χ2n) is 6.50. The molecular weight excluding hydrogens is 511 g/mol. The highest BCUT2D eigenvalue weighted by Gasteiger charge is 2.27. The van der Waals surface area contributed by atoms with Crippen LogP contribution in [0.2, 0.25) is 0 Å². The maximum absolute atomic E-state index is 12.2. The molecule has 0 radical (unpaired) electrons. The fraction of sp³-hybridized carbons (Fsp3) is 0.611. The molecule has 0 bridgehead atoms. The molecule has 28 heavy (non-hydrogen) atoms. The predicted octanol–water partition coefficient (Wildman–Crippen LogP) is 1.78. The van der Waals surface area contributed by atoms with E-state index >= 15 is 0 Å². The van der Waals surface area contributed by atoms with E-state index in [1.807, 2.05) is 37.3 Å². The number of guanidine groups is 1. The van der Waals surface area contributed by atoms with Crippen molar-refractivity contribution in [1.29, 1.82) is 0 Å². The third-order valence-electron chi connectivity index (χ3n) is 4.46. The van der Waals surface area contributed by atoms with Crippen molar-refractivity contribution >= 4 is 50.8 Å². The number of hydrogen-bond donors (Lipinski definition) is 2. The molecule has 2 N–H and O–H groups in total. The van der Waals surface area contributed by atoms with Gasteiger partial charge in [0.05, 0.1) is 16.6 Å². The van der Waals surface area contributed by atoms with Crippen molar-refractivity contribution < 1.29 is 12.6 Å². The minimum atomic E-state index is -3.12. The highest BCUT2D eigenvalue weighted by molar-refractivity contribution is 14.0. The first-order chi connectivity index (χ1) is 13.0. The van der Waals surface area contributed by atoms with Gasteiger partial charge in [0.2, 0.25) is 10.0 Å². The van der Waals surface area contributed by atoms with Gasteiger partial charge in [-0.05, 0) is 31.4 Å². The van der Waals surface area contributed by atoms with E-state index in [2.05, 4.69) is 15.6 Å². The van der Waals surface area contributed by atoms with E-state index in [1.165, 1.54) is 0 Å². The van der Waals surface area contributed by atoms with Crippen LogP contribution in [-0.4, -0.2) is 67.1 Å². The lowest BCUT2D eigenvalue weighted by molar-refractivity contribution is 0.306. The Morgan fingerprint density at radius 3 is 2.46 bits per heavy atom. The number of piperidine rings is 1. The summed E-state index contributed by atoms with van der Waals surface area (Å²) < 4.78 is 38.1. The highest BCUT2D eigenvalue weighted by Crippen LogP contribution is 2.15. The predicted molar refractivity (Wildman–Crippen MR) is 126 cm³/mol. The van der Waals surface area contributed by atoms with E-state index in [0.29, 0.717) is 37.8 Å². The number of aliphatic imine (C=N–C) groups is 1. The molecule has 10 heteroatoms. The smallest absolute Gasteiger partial charge is 0.214 e. The lowest BCUT2D eigenvalue weighted by Gasteiger charge is -2.32. The van der Waals surface area contributed by atoms with Gasteiger partial charge in [-0.1, -0.05) is 25.1 Å². The first-order valence-corrected chi connectivity index (χ1v) is 12.3. The third kappa shape index (κ3) is 7.96. The summed E-state index contributed by atoms with van der Waals surface area (Å²) in [7, 11) is -2.46. The molecule has 1 fully saturated rings. The topological polar surface area (TPSA) is 90.9 Å². The van der Waals surface area contributed by atoms with Crippen LogP contribution in [0.1, 0.15) is 26.2 Å². The Hall–Kier alpha value is -0.720. The maximum atomic E-state index is 12.2. The minimum Gasteiger partial charge on any atom is -0.355 e. The highest BCUT2D eigenvalue weighted by atomic mass is 127. The molecule has 1 aliphatic heterocycles. The molecule has 1 unspecified atom stereocenters. The average Bonchev–Trinajstić information content (AvgIpc) is 2.68. The van der Waals surface area contributed by atoms with E-state index in [1.54, 1.807) is 11.4 Å². The summed E-state index contributed by atoms with van der Waals surface area (Å²) >= 11 is 0. The van der Waals surface area contributed by atoms with E-state index in [0.717, 1.165) is 17.7 Å². The first-order valence-electron chi connectivity index (χ1n) is 9.34. The summed E-state index contributed by atoms with van der Waals surface area (Å²) in [4.78, 5) is 5.03. The first kappa shape index (κ1) is 25.3. The monoisotopic (exact) mass is 542 g/mol. The molecule has 0 saturated carbocycles. The van der Waals surface area contributed by atoms with Gasteiger partial charge in [-0.3, -0.25) is 9.20 Å². The van der Waals surface area contributed by atoms with Crippen LogP contribution in [0.5, 0.6) is 0 Å². The Morgan fingerprint density at radius 1 is 1.25 bits per heavy atom. The zero-order valence-electron chi connectivity index (χ0n) is 16.5. The molecule has 1 aromatic rings. The minimum absolute atomic E-state index is 0. The SMILES string of the molecule is CCCS(=O)(=O)N1CCC(NC(=NC)NCCS(=O)c2ccccc2)CC1.I. The van der Waals surface area contributed by atoms with Crippen molar-refractivity contribution in [2.45, 2.75) is 37.1 Å². The molecule has 160 valence electrons. The molecule has 2 rings (SSSR count). The molecule has 0 spiro atoms. The van der Waals surface area contributed by atoms with Gasteiger partial charge in [0.1, 0.15) is 0 Å². The molecule has 7 nitrogen and oxygen atoms in total. The fourth-order valence-corrected chi connectivity index (χ4v) is 5.53. The maximum Gasteiger partial charge on any atom is 0.214 e. The molecule has 0 aliphatic carbocycles. The quantitative estimate of drug-likeness (QED) is 0.297. The molecule has 1 saturated heterocycles. The van der Waals surface area contributed by atoms with E-state index in [9.17, 15) is 12.6 Å². The Labute approximate surface area is 188 Å². The number of benzene rings is 1. The molecular formula is C18H31IN4O3S2. The number of sulfonamides is 1. The largest absolute Gasteiger partial charge is 0.355 e. The fourth-order valence-electron chi connectivity index (χ4n) is 3.01. The van der Waals surface area contributed by atoms with Crippen LogP contribution in [0, 0.1) is 0 Å². The number of rotatable bonds is 8. The van der Waals surface area contributed by atoms with Gasteiger partial charge in [0.15, 0.2) is 5.96 Å². The Kier molecular flexibility index (Phi) is 11.5. The summed E-state index contributed by atoms with van der Waals surface area (Å²) in [6, 6.07) is 9.59. The van der Waals surface area contributed by atoms with Crippen LogP contribution in [0.4, 0.5) is 0 Å². The van der Waals surface area contributed by atoms with Gasteiger partial charge in [-0.15, -0.1) is 24.0 Å². The van der Waals surface area contributed by atoms with Gasteiger partial charge in [-0.25, -0.2) is 12.7 Å². The van der Waals surface area contributed by atoms with Crippen LogP contribution in [0.25, 0.3) is 0 Å². The van der Waals surface area contributed by atoms with Crippen molar-refractivity contribution in [3.8, 4) is 0 Å². The lowest BCUT2D eigenvalue weighted by Crippen LogP contribution is -2.50. The zero-order valence-corrected chi connectivity index (χ0v) is 20.4. The lowest BCUT2D eigenvalue weighted by atomic mass is 10.1. The van der Waals surface area contributed by atoms with Crippen molar-refractivity contribution in [2.24, 2.45) is 4.99 Å². The van der Waals surface area contributed by atoms with Crippen LogP contribution >= 0.6 is 24.0 Å². The number of nitrogens with one attached hydrogen (secondary N) is 2. The van der Waals surface area contributed by atoms with Crippen molar-refractivity contribution in [2.75, 3.05) is 38.2 Å². The van der Waals surface area contributed by atoms with E-state index < -0.39 is 20.8 Å². The number of hydrogen-bond acceptors (Lipinski definition) is 4. The van der Waals surface area contributed by atoms with Crippen molar-refractivity contribution in [1.82, 2.24) is 14.9 Å². The van der Waals surface area contributed by atoms with Crippen LogP contribution < -0.4 is 10.6 Å². The van der Waals surface area contributed by atoms with Crippen molar-refractivity contribution in [3.05, 3.63) is 30.3 Å². The van der Waals surface area contributed by atoms with Gasteiger partial charge in [0.25, 0.3) is 0 Å². The summed E-state index contributed by atoms with van der Waals surface area (Å²) in [5.41, 5.74) is 0. The molecule has 0 aromatic heterocycles. The normalized spacial score (nSPS) is 17.6. The second kappa shape index (κ2) is 12.8. The van der Waals surface area contributed by atoms with E-state index in [-0.39, 0.29) is 35.8 Å². The molecule has 1 aromatic carbocycles.